The van der Waals surface area contributed by atoms with Gasteiger partial charge in [0.2, 0.25) is 0 Å². The zero-order valence-corrected chi connectivity index (χ0v) is 16.5. The SMILES string of the molecule is CC=Cc1ccc(OCCOCCOc2ccccc2C(=O)OC)c(OC)c1. The molecule has 0 saturated carbocycles. The van der Waals surface area contributed by atoms with Gasteiger partial charge < -0.3 is 23.7 Å². The Morgan fingerprint density at radius 3 is 2.29 bits per heavy atom. The zero-order valence-electron chi connectivity index (χ0n) is 16.5. The van der Waals surface area contributed by atoms with Crippen molar-refractivity contribution in [2.24, 2.45) is 0 Å². The second-order valence-corrected chi connectivity index (χ2v) is 5.71. The molecule has 0 heterocycles. The third-order valence-electron chi connectivity index (χ3n) is 3.81. The molecular formula is C22H26O6. The summed E-state index contributed by atoms with van der Waals surface area (Å²) < 4.78 is 26.9. The Balaban J connectivity index is 1.71. The Hall–Kier alpha value is -2.99. The number of esters is 1. The lowest BCUT2D eigenvalue weighted by molar-refractivity contribution is 0.0585. The summed E-state index contributed by atoms with van der Waals surface area (Å²) in [4.78, 5) is 11.7. The molecule has 2 rings (SSSR count). The van der Waals surface area contributed by atoms with Gasteiger partial charge in [-0.1, -0.05) is 30.4 Å². The second kappa shape index (κ2) is 11.7. The lowest BCUT2D eigenvalue weighted by Crippen LogP contribution is -2.13. The number of hydrogen-bond donors (Lipinski definition) is 0. The molecular weight excluding hydrogens is 360 g/mol. The summed E-state index contributed by atoms with van der Waals surface area (Å²) in [5, 5.41) is 0. The van der Waals surface area contributed by atoms with Gasteiger partial charge in [-0.2, -0.15) is 0 Å². The van der Waals surface area contributed by atoms with Gasteiger partial charge in [-0.15, -0.1) is 0 Å². The third kappa shape index (κ3) is 6.32. The highest BCUT2D eigenvalue weighted by Gasteiger charge is 2.11. The summed E-state index contributed by atoms with van der Waals surface area (Å²) in [6.45, 7) is 3.44. The predicted molar refractivity (Wildman–Crippen MR) is 107 cm³/mol. The van der Waals surface area contributed by atoms with Gasteiger partial charge >= 0.3 is 5.97 Å². The smallest absolute Gasteiger partial charge is 0.341 e. The molecule has 0 bridgehead atoms. The van der Waals surface area contributed by atoms with Crippen LogP contribution in [0.5, 0.6) is 17.2 Å². The van der Waals surface area contributed by atoms with Crippen LogP contribution in [0, 0.1) is 0 Å². The summed E-state index contributed by atoms with van der Waals surface area (Å²) >= 11 is 0. The van der Waals surface area contributed by atoms with E-state index in [9.17, 15) is 4.79 Å². The second-order valence-electron chi connectivity index (χ2n) is 5.71. The van der Waals surface area contributed by atoms with Gasteiger partial charge in [0.25, 0.3) is 0 Å². The summed E-state index contributed by atoms with van der Waals surface area (Å²) in [5.74, 6) is 1.39. The largest absolute Gasteiger partial charge is 0.493 e. The number of para-hydroxylation sites is 1. The minimum absolute atomic E-state index is 0.315. The van der Waals surface area contributed by atoms with Crippen molar-refractivity contribution in [3.8, 4) is 17.2 Å². The molecule has 0 radical (unpaired) electrons. The summed E-state index contributed by atoms with van der Waals surface area (Å²) in [6, 6.07) is 12.7. The van der Waals surface area contributed by atoms with Crippen molar-refractivity contribution < 1.29 is 28.5 Å². The lowest BCUT2D eigenvalue weighted by Gasteiger charge is -2.12. The number of carbonyl (C=O) groups is 1. The van der Waals surface area contributed by atoms with Crippen molar-refractivity contribution in [2.75, 3.05) is 40.6 Å². The van der Waals surface area contributed by atoms with Gasteiger partial charge in [0, 0.05) is 0 Å². The van der Waals surface area contributed by atoms with E-state index in [2.05, 4.69) is 0 Å². The standard InChI is InChI=1S/C22H26O6/c1-4-7-17-10-11-20(21(16-17)24-2)28-15-13-26-12-14-27-19-9-6-5-8-18(19)22(23)25-3/h4-11,16H,12-15H2,1-3H3. The first-order valence-electron chi connectivity index (χ1n) is 9.01. The molecule has 0 unspecified atom stereocenters. The van der Waals surface area contributed by atoms with Crippen LogP contribution in [0.3, 0.4) is 0 Å². The molecule has 0 aromatic heterocycles. The van der Waals surface area contributed by atoms with E-state index < -0.39 is 5.97 Å². The van der Waals surface area contributed by atoms with Crippen molar-refractivity contribution in [3.05, 3.63) is 59.7 Å². The Bertz CT molecular complexity index is 784. The normalized spacial score (nSPS) is 10.7. The van der Waals surface area contributed by atoms with E-state index in [1.807, 2.05) is 37.3 Å². The van der Waals surface area contributed by atoms with E-state index in [-0.39, 0.29) is 0 Å². The van der Waals surface area contributed by atoms with Gasteiger partial charge in [-0.3, -0.25) is 0 Å². The van der Waals surface area contributed by atoms with Gasteiger partial charge in [-0.05, 0) is 36.8 Å². The van der Waals surface area contributed by atoms with Crippen LogP contribution in [-0.2, 0) is 9.47 Å². The molecule has 0 aliphatic carbocycles. The van der Waals surface area contributed by atoms with Crippen molar-refractivity contribution in [3.63, 3.8) is 0 Å². The van der Waals surface area contributed by atoms with Crippen LogP contribution >= 0.6 is 0 Å². The Morgan fingerprint density at radius 1 is 0.893 bits per heavy atom. The highest BCUT2D eigenvalue weighted by atomic mass is 16.6. The topological polar surface area (TPSA) is 63.2 Å². The lowest BCUT2D eigenvalue weighted by atomic mass is 10.2. The van der Waals surface area contributed by atoms with E-state index in [0.29, 0.717) is 49.2 Å². The van der Waals surface area contributed by atoms with Crippen molar-refractivity contribution in [2.45, 2.75) is 6.92 Å². The maximum Gasteiger partial charge on any atom is 0.341 e. The molecule has 6 nitrogen and oxygen atoms in total. The molecule has 0 amide bonds. The Kier molecular flexibility index (Phi) is 8.88. The van der Waals surface area contributed by atoms with Crippen LogP contribution in [0.1, 0.15) is 22.8 Å². The summed E-state index contributed by atoms with van der Waals surface area (Å²) in [6.07, 6.45) is 3.96. The molecule has 2 aromatic rings. The molecule has 0 aliphatic heterocycles. The molecule has 0 atom stereocenters. The van der Waals surface area contributed by atoms with Crippen LogP contribution in [0.25, 0.3) is 6.08 Å². The highest BCUT2D eigenvalue weighted by Crippen LogP contribution is 2.28. The van der Waals surface area contributed by atoms with E-state index in [1.165, 1.54) is 7.11 Å². The summed E-state index contributed by atoms with van der Waals surface area (Å²) in [5.41, 5.74) is 1.44. The van der Waals surface area contributed by atoms with Gasteiger partial charge in [0.05, 0.1) is 27.4 Å². The molecule has 0 N–H and O–H groups in total. The highest BCUT2D eigenvalue weighted by molar-refractivity contribution is 5.92. The fourth-order valence-corrected chi connectivity index (χ4v) is 2.49. The Morgan fingerprint density at radius 2 is 1.61 bits per heavy atom. The number of methoxy groups -OCH3 is 2. The van der Waals surface area contributed by atoms with E-state index in [4.69, 9.17) is 23.7 Å². The summed E-state index contributed by atoms with van der Waals surface area (Å²) in [7, 11) is 2.95. The monoisotopic (exact) mass is 386 g/mol. The minimum atomic E-state index is -0.431. The van der Waals surface area contributed by atoms with Gasteiger partial charge in [0.1, 0.15) is 24.5 Å². The first-order valence-corrected chi connectivity index (χ1v) is 9.01. The average molecular weight is 386 g/mol. The molecule has 6 heteroatoms. The van der Waals surface area contributed by atoms with Crippen molar-refractivity contribution in [1.82, 2.24) is 0 Å². The molecule has 0 spiro atoms. The number of hydrogen-bond acceptors (Lipinski definition) is 6. The average Bonchev–Trinajstić information content (AvgIpc) is 2.73. The molecule has 0 aliphatic rings. The van der Waals surface area contributed by atoms with Crippen LogP contribution in [-0.4, -0.2) is 46.6 Å². The van der Waals surface area contributed by atoms with Crippen LogP contribution in [0.4, 0.5) is 0 Å². The molecule has 0 fully saturated rings. The zero-order chi connectivity index (χ0) is 20.2. The van der Waals surface area contributed by atoms with Crippen LogP contribution < -0.4 is 14.2 Å². The third-order valence-corrected chi connectivity index (χ3v) is 3.81. The number of benzene rings is 2. The Labute approximate surface area is 165 Å². The van der Waals surface area contributed by atoms with Crippen LogP contribution in [0.2, 0.25) is 0 Å². The van der Waals surface area contributed by atoms with Crippen LogP contribution in [0.15, 0.2) is 48.5 Å². The van der Waals surface area contributed by atoms with Gasteiger partial charge in [-0.25, -0.2) is 4.79 Å². The van der Waals surface area contributed by atoms with E-state index in [0.717, 1.165) is 5.56 Å². The fourth-order valence-electron chi connectivity index (χ4n) is 2.49. The first-order chi connectivity index (χ1) is 13.7. The van der Waals surface area contributed by atoms with Crippen molar-refractivity contribution >= 4 is 12.0 Å². The number of allylic oxidation sites excluding steroid dienone is 1. The van der Waals surface area contributed by atoms with Crippen molar-refractivity contribution in [1.29, 1.82) is 0 Å². The molecule has 2 aromatic carbocycles. The quantitative estimate of drug-likeness (QED) is 0.430. The maximum atomic E-state index is 11.7. The minimum Gasteiger partial charge on any atom is -0.493 e. The number of ether oxygens (including phenoxy) is 5. The molecule has 150 valence electrons. The number of rotatable bonds is 11. The predicted octanol–water partition coefficient (Wildman–Crippen LogP) is 3.99. The van der Waals surface area contributed by atoms with E-state index >= 15 is 0 Å². The maximum absolute atomic E-state index is 11.7. The number of carbonyl (C=O) groups excluding carboxylic acids is 1. The van der Waals surface area contributed by atoms with E-state index in [1.54, 1.807) is 31.4 Å². The molecule has 28 heavy (non-hydrogen) atoms. The van der Waals surface area contributed by atoms with Gasteiger partial charge in [0.15, 0.2) is 11.5 Å². The molecule has 0 saturated heterocycles. The first kappa shape index (κ1) is 21.3. The fraction of sp³-hybridized carbons (Fsp3) is 0.318.